The second kappa shape index (κ2) is 5.66. The molecule has 1 aromatic rings. The summed E-state index contributed by atoms with van der Waals surface area (Å²) < 4.78 is 0. The fourth-order valence-corrected chi connectivity index (χ4v) is 1.18. The zero-order chi connectivity index (χ0) is 11.3. The minimum atomic E-state index is 0.662. The van der Waals surface area contributed by atoms with E-state index in [0.717, 1.165) is 24.6 Å². The zero-order valence-corrected chi connectivity index (χ0v) is 9.99. The Kier molecular flexibility index (Phi) is 4.49. The lowest BCUT2D eigenvalue weighted by molar-refractivity contribution is 0.547. The standard InChI is InChI=1S/C11H20N4/c1-9(2)5-12-6-10-7-13-8-11(14-10)15(3)4/h7-9,12H,5-6H2,1-4H3. The lowest BCUT2D eigenvalue weighted by atomic mass is 10.2. The van der Waals surface area contributed by atoms with Crippen molar-refractivity contribution in [1.82, 2.24) is 15.3 Å². The molecule has 0 amide bonds. The summed E-state index contributed by atoms with van der Waals surface area (Å²) in [4.78, 5) is 10.6. The van der Waals surface area contributed by atoms with Gasteiger partial charge >= 0.3 is 0 Å². The van der Waals surface area contributed by atoms with E-state index in [0.29, 0.717) is 5.92 Å². The summed E-state index contributed by atoms with van der Waals surface area (Å²) in [6.45, 7) is 6.17. The van der Waals surface area contributed by atoms with E-state index < -0.39 is 0 Å². The molecule has 0 spiro atoms. The van der Waals surface area contributed by atoms with Crippen LogP contribution in [-0.4, -0.2) is 30.6 Å². The third kappa shape index (κ3) is 4.25. The van der Waals surface area contributed by atoms with Gasteiger partial charge in [-0.1, -0.05) is 13.8 Å². The van der Waals surface area contributed by atoms with Crippen molar-refractivity contribution in [2.45, 2.75) is 20.4 Å². The first-order valence-corrected chi connectivity index (χ1v) is 5.28. The van der Waals surface area contributed by atoms with Gasteiger partial charge in [0.25, 0.3) is 0 Å². The Morgan fingerprint density at radius 2 is 2.07 bits per heavy atom. The van der Waals surface area contributed by atoms with Gasteiger partial charge in [-0.25, -0.2) is 4.98 Å². The van der Waals surface area contributed by atoms with E-state index in [9.17, 15) is 0 Å². The van der Waals surface area contributed by atoms with E-state index in [4.69, 9.17) is 0 Å². The summed E-state index contributed by atoms with van der Waals surface area (Å²) >= 11 is 0. The highest BCUT2D eigenvalue weighted by atomic mass is 15.1. The summed E-state index contributed by atoms with van der Waals surface area (Å²) in [7, 11) is 3.94. The Bertz CT molecular complexity index is 296. The van der Waals surface area contributed by atoms with Gasteiger partial charge in [-0.2, -0.15) is 0 Å². The van der Waals surface area contributed by atoms with Gasteiger partial charge in [0.15, 0.2) is 0 Å². The third-order valence-corrected chi connectivity index (χ3v) is 1.99. The van der Waals surface area contributed by atoms with Gasteiger partial charge in [0.2, 0.25) is 0 Å². The first-order valence-electron chi connectivity index (χ1n) is 5.28. The van der Waals surface area contributed by atoms with E-state index >= 15 is 0 Å². The molecule has 4 heteroatoms. The molecule has 0 bridgehead atoms. The molecule has 4 nitrogen and oxygen atoms in total. The molecule has 0 saturated heterocycles. The number of rotatable bonds is 5. The number of nitrogens with one attached hydrogen (secondary N) is 1. The maximum Gasteiger partial charge on any atom is 0.146 e. The van der Waals surface area contributed by atoms with Gasteiger partial charge in [-0.05, 0) is 12.5 Å². The molecule has 1 aromatic heterocycles. The Morgan fingerprint density at radius 1 is 1.33 bits per heavy atom. The molecule has 0 saturated carbocycles. The van der Waals surface area contributed by atoms with E-state index in [1.165, 1.54) is 0 Å². The predicted octanol–water partition coefficient (Wildman–Crippen LogP) is 1.29. The predicted molar refractivity (Wildman–Crippen MR) is 62.9 cm³/mol. The van der Waals surface area contributed by atoms with Crippen molar-refractivity contribution in [3.63, 3.8) is 0 Å². The van der Waals surface area contributed by atoms with E-state index in [1.807, 2.05) is 19.0 Å². The normalized spacial score (nSPS) is 10.7. The van der Waals surface area contributed by atoms with Gasteiger partial charge in [0.1, 0.15) is 5.82 Å². The molecule has 84 valence electrons. The topological polar surface area (TPSA) is 41.1 Å². The van der Waals surface area contributed by atoms with Gasteiger partial charge in [-0.15, -0.1) is 0 Å². The summed E-state index contributed by atoms with van der Waals surface area (Å²) in [6, 6.07) is 0. The Hall–Kier alpha value is -1.16. The minimum Gasteiger partial charge on any atom is -0.361 e. The lowest BCUT2D eigenvalue weighted by Crippen LogP contribution is -2.20. The molecule has 15 heavy (non-hydrogen) atoms. The molecule has 1 N–H and O–H groups in total. The maximum absolute atomic E-state index is 4.47. The molecular formula is C11H20N4. The molecular weight excluding hydrogens is 188 g/mol. The van der Waals surface area contributed by atoms with Gasteiger partial charge < -0.3 is 10.2 Å². The van der Waals surface area contributed by atoms with Crippen LogP contribution in [0.4, 0.5) is 5.82 Å². The highest BCUT2D eigenvalue weighted by Crippen LogP contribution is 2.05. The molecule has 0 aromatic carbocycles. The lowest BCUT2D eigenvalue weighted by Gasteiger charge is -2.12. The molecule has 1 heterocycles. The van der Waals surface area contributed by atoms with Crippen molar-refractivity contribution in [2.75, 3.05) is 25.5 Å². The van der Waals surface area contributed by atoms with Crippen LogP contribution in [0.15, 0.2) is 12.4 Å². The fourth-order valence-electron chi connectivity index (χ4n) is 1.18. The van der Waals surface area contributed by atoms with Crippen LogP contribution in [-0.2, 0) is 6.54 Å². The maximum atomic E-state index is 4.47. The number of aromatic nitrogens is 2. The average molecular weight is 208 g/mol. The Morgan fingerprint density at radius 3 is 2.67 bits per heavy atom. The van der Waals surface area contributed by atoms with E-state index in [1.54, 1.807) is 12.4 Å². The molecule has 1 rings (SSSR count). The first-order chi connectivity index (χ1) is 7.09. The van der Waals surface area contributed by atoms with E-state index in [-0.39, 0.29) is 0 Å². The van der Waals surface area contributed by atoms with E-state index in [2.05, 4.69) is 29.1 Å². The van der Waals surface area contributed by atoms with Crippen molar-refractivity contribution >= 4 is 5.82 Å². The first kappa shape index (κ1) is 11.9. The van der Waals surface area contributed by atoms with Crippen molar-refractivity contribution in [3.05, 3.63) is 18.1 Å². The second-order valence-corrected chi connectivity index (χ2v) is 4.29. The van der Waals surface area contributed by atoms with Crippen LogP contribution >= 0.6 is 0 Å². The van der Waals surface area contributed by atoms with Crippen molar-refractivity contribution in [2.24, 2.45) is 5.92 Å². The van der Waals surface area contributed by atoms with Crippen LogP contribution in [0.1, 0.15) is 19.5 Å². The van der Waals surface area contributed by atoms with Crippen LogP contribution in [0.5, 0.6) is 0 Å². The molecule has 0 radical (unpaired) electrons. The third-order valence-electron chi connectivity index (χ3n) is 1.99. The Balaban J connectivity index is 2.50. The molecule has 0 aliphatic rings. The van der Waals surface area contributed by atoms with Crippen LogP contribution in [0.2, 0.25) is 0 Å². The average Bonchev–Trinajstić information content (AvgIpc) is 2.17. The van der Waals surface area contributed by atoms with Crippen LogP contribution in [0, 0.1) is 5.92 Å². The summed E-state index contributed by atoms with van der Waals surface area (Å²) in [5.74, 6) is 1.56. The zero-order valence-electron chi connectivity index (χ0n) is 9.99. The molecule has 0 fully saturated rings. The molecule has 0 unspecified atom stereocenters. The van der Waals surface area contributed by atoms with Crippen LogP contribution < -0.4 is 10.2 Å². The largest absolute Gasteiger partial charge is 0.361 e. The second-order valence-electron chi connectivity index (χ2n) is 4.29. The molecule has 0 aliphatic carbocycles. The number of anilines is 1. The summed E-state index contributed by atoms with van der Waals surface area (Å²) in [5, 5.41) is 3.35. The highest BCUT2D eigenvalue weighted by Gasteiger charge is 2.00. The van der Waals surface area contributed by atoms with Crippen LogP contribution in [0.3, 0.4) is 0 Å². The Labute approximate surface area is 91.7 Å². The smallest absolute Gasteiger partial charge is 0.146 e. The summed E-state index contributed by atoms with van der Waals surface area (Å²) in [5.41, 5.74) is 0.988. The molecule has 0 atom stereocenters. The minimum absolute atomic E-state index is 0.662. The monoisotopic (exact) mass is 208 g/mol. The van der Waals surface area contributed by atoms with Crippen molar-refractivity contribution < 1.29 is 0 Å². The SMILES string of the molecule is CC(C)CNCc1cncc(N(C)C)n1. The fraction of sp³-hybridized carbons (Fsp3) is 0.636. The molecule has 0 aliphatic heterocycles. The van der Waals surface area contributed by atoms with Crippen molar-refractivity contribution in [1.29, 1.82) is 0 Å². The van der Waals surface area contributed by atoms with Gasteiger partial charge in [0.05, 0.1) is 11.9 Å². The quantitative estimate of drug-likeness (QED) is 0.791. The van der Waals surface area contributed by atoms with Gasteiger partial charge in [-0.3, -0.25) is 4.98 Å². The number of hydrogen-bond donors (Lipinski definition) is 1. The van der Waals surface area contributed by atoms with Crippen molar-refractivity contribution in [3.8, 4) is 0 Å². The van der Waals surface area contributed by atoms with Crippen LogP contribution in [0.25, 0.3) is 0 Å². The van der Waals surface area contributed by atoms with Gasteiger partial charge in [0, 0.05) is 26.8 Å². The highest BCUT2D eigenvalue weighted by molar-refractivity contribution is 5.33. The number of hydrogen-bond acceptors (Lipinski definition) is 4. The summed E-state index contributed by atoms with van der Waals surface area (Å²) in [6.07, 6.45) is 3.58. The number of nitrogens with zero attached hydrogens (tertiary/aromatic N) is 3.